The standard InChI is InChI=1S/C17H20ClN3O5S/c1-12-8-14(26-2)10-17(23)21(12)7-6-19-16(22)11-20-27(24,25)15-5-3-4-13(18)9-15/h3-5,8-10,20H,6-7,11H2,1-2H3,(H,19,22). The number of aromatic nitrogens is 1. The lowest BCUT2D eigenvalue weighted by atomic mass is 10.3. The number of benzene rings is 1. The minimum absolute atomic E-state index is 0.0248. The van der Waals surface area contributed by atoms with E-state index >= 15 is 0 Å². The first kappa shape index (κ1) is 20.9. The van der Waals surface area contributed by atoms with Crippen LogP contribution in [0.2, 0.25) is 5.02 Å². The predicted octanol–water partition coefficient (Wildman–Crippen LogP) is 0.913. The summed E-state index contributed by atoms with van der Waals surface area (Å²) in [5.74, 6) is -0.0481. The van der Waals surface area contributed by atoms with Crippen LogP contribution in [-0.2, 0) is 21.4 Å². The molecular formula is C17H20ClN3O5S. The Morgan fingerprint density at radius 2 is 2.00 bits per heavy atom. The van der Waals surface area contributed by atoms with Crippen molar-refractivity contribution in [3.8, 4) is 5.75 Å². The van der Waals surface area contributed by atoms with Gasteiger partial charge in [0.25, 0.3) is 5.56 Å². The number of hydrogen-bond acceptors (Lipinski definition) is 5. The number of nitrogens with one attached hydrogen (secondary N) is 2. The molecule has 8 nitrogen and oxygen atoms in total. The highest BCUT2D eigenvalue weighted by Crippen LogP contribution is 2.14. The van der Waals surface area contributed by atoms with Gasteiger partial charge in [-0.15, -0.1) is 0 Å². The molecule has 1 aromatic carbocycles. The summed E-state index contributed by atoms with van der Waals surface area (Å²) in [6.45, 7) is 1.75. The zero-order valence-corrected chi connectivity index (χ0v) is 16.4. The number of carbonyl (C=O) groups excluding carboxylic acids is 1. The van der Waals surface area contributed by atoms with Gasteiger partial charge in [-0.05, 0) is 31.2 Å². The molecule has 1 amide bonds. The molecule has 2 N–H and O–H groups in total. The molecule has 0 spiro atoms. The van der Waals surface area contributed by atoms with Gasteiger partial charge in [-0.2, -0.15) is 0 Å². The Kier molecular flexibility index (Phi) is 7.00. The summed E-state index contributed by atoms with van der Waals surface area (Å²) in [7, 11) is -2.37. The van der Waals surface area contributed by atoms with E-state index in [2.05, 4.69) is 10.0 Å². The molecule has 0 fully saturated rings. The van der Waals surface area contributed by atoms with Gasteiger partial charge in [0.2, 0.25) is 15.9 Å². The zero-order chi connectivity index (χ0) is 20.0. The normalized spacial score (nSPS) is 11.2. The third-order valence-electron chi connectivity index (χ3n) is 3.73. The second-order valence-corrected chi connectivity index (χ2v) is 7.86. The fourth-order valence-corrected chi connectivity index (χ4v) is 3.63. The van der Waals surface area contributed by atoms with Crippen molar-refractivity contribution in [3.05, 3.63) is 57.5 Å². The maximum absolute atomic E-state index is 12.1. The molecule has 0 saturated heterocycles. The SMILES string of the molecule is COc1cc(C)n(CCNC(=O)CNS(=O)(=O)c2cccc(Cl)c2)c(=O)c1. The van der Waals surface area contributed by atoms with Crippen molar-refractivity contribution in [2.24, 2.45) is 0 Å². The van der Waals surface area contributed by atoms with Crippen LogP contribution >= 0.6 is 11.6 Å². The predicted molar refractivity (Wildman–Crippen MR) is 102 cm³/mol. The van der Waals surface area contributed by atoms with E-state index in [9.17, 15) is 18.0 Å². The topological polar surface area (TPSA) is 106 Å². The number of amides is 1. The van der Waals surface area contributed by atoms with Crippen LogP contribution in [0.3, 0.4) is 0 Å². The number of hydrogen-bond donors (Lipinski definition) is 2. The highest BCUT2D eigenvalue weighted by molar-refractivity contribution is 7.89. The van der Waals surface area contributed by atoms with Gasteiger partial charge in [0.05, 0.1) is 18.6 Å². The van der Waals surface area contributed by atoms with Crippen LogP contribution in [0.5, 0.6) is 5.75 Å². The second-order valence-electron chi connectivity index (χ2n) is 5.66. The third-order valence-corrected chi connectivity index (χ3v) is 5.37. The number of aryl methyl sites for hydroxylation is 1. The molecule has 1 heterocycles. The molecule has 0 aliphatic heterocycles. The van der Waals surface area contributed by atoms with Gasteiger partial charge < -0.3 is 14.6 Å². The molecule has 10 heteroatoms. The minimum Gasteiger partial charge on any atom is -0.496 e. The number of halogens is 1. The summed E-state index contributed by atoms with van der Waals surface area (Å²) in [4.78, 5) is 23.9. The molecule has 0 unspecified atom stereocenters. The number of carbonyl (C=O) groups is 1. The first-order chi connectivity index (χ1) is 12.7. The largest absolute Gasteiger partial charge is 0.496 e. The molecule has 2 rings (SSSR count). The van der Waals surface area contributed by atoms with E-state index in [-0.39, 0.29) is 28.6 Å². The molecule has 0 aliphatic rings. The number of sulfonamides is 1. The van der Waals surface area contributed by atoms with Gasteiger partial charge in [-0.25, -0.2) is 13.1 Å². The maximum Gasteiger partial charge on any atom is 0.254 e. The van der Waals surface area contributed by atoms with E-state index in [4.69, 9.17) is 16.3 Å². The van der Waals surface area contributed by atoms with E-state index in [1.54, 1.807) is 19.1 Å². The summed E-state index contributed by atoms with van der Waals surface area (Å²) in [5, 5.41) is 2.85. The van der Waals surface area contributed by atoms with E-state index < -0.39 is 22.5 Å². The summed E-state index contributed by atoms with van der Waals surface area (Å²) in [5.41, 5.74) is 0.443. The Morgan fingerprint density at radius 3 is 2.63 bits per heavy atom. The molecule has 0 saturated carbocycles. The Labute approximate surface area is 162 Å². The monoisotopic (exact) mass is 413 g/mol. The van der Waals surface area contributed by atoms with Crippen molar-refractivity contribution in [3.63, 3.8) is 0 Å². The number of pyridine rings is 1. The third kappa shape index (κ3) is 5.81. The van der Waals surface area contributed by atoms with Crippen LogP contribution in [0, 0.1) is 6.92 Å². The van der Waals surface area contributed by atoms with Crippen molar-refractivity contribution in [1.29, 1.82) is 0 Å². The second kappa shape index (κ2) is 9.03. The first-order valence-corrected chi connectivity index (χ1v) is 9.86. The summed E-state index contributed by atoms with van der Waals surface area (Å²) in [6, 6.07) is 8.80. The molecule has 27 heavy (non-hydrogen) atoms. The number of rotatable bonds is 8. The molecular weight excluding hydrogens is 394 g/mol. The van der Waals surface area contributed by atoms with Crippen LogP contribution in [-0.4, -0.2) is 39.1 Å². The minimum atomic E-state index is -3.84. The van der Waals surface area contributed by atoms with Gasteiger partial charge in [-0.1, -0.05) is 17.7 Å². The van der Waals surface area contributed by atoms with Gasteiger partial charge in [0.1, 0.15) is 5.75 Å². The first-order valence-electron chi connectivity index (χ1n) is 8.00. The Hall–Kier alpha value is -2.36. The van der Waals surface area contributed by atoms with Crippen molar-refractivity contribution in [2.75, 3.05) is 20.2 Å². The lowest BCUT2D eigenvalue weighted by Crippen LogP contribution is -2.39. The van der Waals surface area contributed by atoms with Gasteiger partial charge in [0, 0.05) is 29.9 Å². The lowest BCUT2D eigenvalue weighted by molar-refractivity contribution is -0.120. The summed E-state index contributed by atoms with van der Waals surface area (Å²) in [6.07, 6.45) is 0. The van der Waals surface area contributed by atoms with Crippen molar-refractivity contribution in [1.82, 2.24) is 14.6 Å². The van der Waals surface area contributed by atoms with E-state index in [1.807, 2.05) is 0 Å². The fourth-order valence-electron chi connectivity index (χ4n) is 2.35. The van der Waals surface area contributed by atoms with Crippen LogP contribution in [0.4, 0.5) is 0 Å². The summed E-state index contributed by atoms with van der Waals surface area (Å²) < 4.78 is 33.0. The Morgan fingerprint density at radius 1 is 1.26 bits per heavy atom. The molecule has 0 radical (unpaired) electrons. The molecule has 2 aromatic rings. The van der Waals surface area contributed by atoms with Crippen LogP contribution in [0.25, 0.3) is 0 Å². The zero-order valence-electron chi connectivity index (χ0n) is 14.9. The highest BCUT2D eigenvalue weighted by Gasteiger charge is 2.15. The number of nitrogens with zero attached hydrogens (tertiary/aromatic N) is 1. The lowest BCUT2D eigenvalue weighted by Gasteiger charge is -2.12. The van der Waals surface area contributed by atoms with Crippen LogP contribution < -0.4 is 20.3 Å². The van der Waals surface area contributed by atoms with E-state index in [0.29, 0.717) is 11.4 Å². The molecule has 0 atom stereocenters. The smallest absolute Gasteiger partial charge is 0.254 e. The number of methoxy groups -OCH3 is 1. The average molecular weight is 414 g/mol. The molecule has 146 valence electrons. The highest BCUT2D eigenvalue weighted by atomic mass is 35.5. The fraction of sp³-hybridized carbons (Fsp3) is 0.294. The van der Waals surface area contributed by atoms with Crippen molar-refractivity contribution in [2.45, 2.75) is 18.4 Å². The van der Waals surface area contributed by atoms with E-state index in [0.717, 1.165) is 0 Å². The van der Waals surface area contributed by atoms with Crippen molar-refractivity contribution < 1.29 is 17.9 Å². The molecule has 1 aromatic heterocycles. The molecule has 0 bridgehead atoms. The Balaban J connectivity index is 1.88. The number of ether oxygens (including phenoxy) is 1. The van der Waals surface area contributed by atoms with Gasteiger partial charge in [-0.3, -0.25) is 9.59 Å². The van der Waals surface area contributed by atoms with E-state index in [1.165, 1.54) is 35.9 Å². The van der Waals surface area contributed by atoms with Crippen molar-refractivity contribution >= 4 is 27.5 Å². The quantitative estimate of drug-likeness (QED) is 0.669. The van der Waals surface area contributed by atoms with Gasteiger partial charge >= 0.3 is 0 Å². The van der Waals surface area contributed by atoms with Gasteiger partial charge in [0.15, 0.2) is 0 Å². The average Bonchev–Trinajstić information content (AvgIpc) is 2.62. The van der Waals surface area contributed by atoms with Crippen LogP contribution in [0.15, 0.2) is 46.1 Å². The Bertz CT molecular complexity index is 988. The summed E-state index contributed by atoms with van der Waals surface area (Å²) >= 11 is 5.78. The molecule has 0 aliphatic carbocycles. The van der Waals surface area contributed by atoms with Crippen LogP contribution in [0.1, 0.15) is 5.69 Å². The maximum atomic E-state index is 12.1.